The number of imide groups is 1. The van der Waals surface area contributed by atoms with Crippen LogP contribution in [-0.2, 0) is 37.4 Å². The number of sulfonamides is 1. The molecule has 23 heteroatoms. The Bertz CT molecular complexity index is 4060. The number of piperazine rings is 1. The smallest absolute Gasteiger partial charge is 0.293 e. The van der Waals surface area contributed by atoms with Gasteiger partial charge in [0.05, 0.1) is 28.2 Å². The van der Waals surface area contributed by atoms with E-state index in [0.29, 0.717) is 100.0 Å². The minimum Gasteiger partial charge on any atom is -0.493 e. The number of H-pyrrole nitrogens is 1. The van der Waals surface area contributed by atoms with E-state index in [1.165, 1.54) is 24.4 Å². The highest BCUT2D eigenvalue weighted by Crippen LogP contribution is 2.37. The van der Waals surface area contributed by atoms with Gasteiger partial charge in [-0.2, -0.15) is 0 Å². The first-order valence-corrected chi connectivity index (χ1v) is 32.9. The molecular formula is C68H71ClN10O11S. The van der Waals surface area contributed by atoms with Gasteiger partial charge in [0, 0.05) is 123 Å². The van der Waals surface area contributed by atoms with Crippen LogP contribution in [-0.4, -0.2) is 140 Å². The van der Waals surface area contributed by atoms with E-state index in [2.05, 4.69) is 64.0 Å². The highest BCUT2D eigenvalue weighted by Gasteiger charge is 2.40. The Hall–Kier alpha value is -8.85. The number of aromatic nitrogens is 2. The molecule has 5 aliphatic heterocycles. The number of likely N-dealkylation sites (tertiary alicyclic amines) is 1. The van der Waals surface area contributed by atoms with E-state index in [-0.39, 0.29) is 41.2 Å². The fraction of sp³-hybridized carbons (Fsp3) is 0.368. The van der Waals surface area contributed by atoms with Crippen molar-refractivity contribution in [3.63, 3.8) is 0 Å². The van der Waals surface area contributed by atoms with Crippen molar-refractivity contribution in [1.82, 2.24) is 34.7 Å². The second-order valence-corrected chi connectivity index (χ2v) is 25.9. The molecule has 4 saturated heterocycles. The first-order valence-electron chi connectivity index (χ1n) is 31.1. The summed E-state index contributed by atoms with van der Waals surface area (Å²) >= 11 is 6.39. The molecule has 4 amide bonds. The fourth-order valence-electron chi connectivity index (χ4n) is 12.6. The van der Waals surface area contributed by atoms with Gasteiger partial charge in [0.1, 0.15) is 34.6 Å². The summed E-state index contributed by atoms with van der Waals surface area (Å²) < 4.78 is 48.5. The second-order valence-electron chi connectivity index (χ2n) is 23.8. The molecule has 12 rings (SSSR count). The minimum atomic E-state index is -4.62. The van der Waals surface area contributed by atoms with Crippen LogP contribution in [0.3, 0.4) is 0 Å². The van der Waals surface area contributed by atoms with E-state index < -0.39 is 43.4 Å². The van der Waals surface area contributed by atoms with Crippen molar-refractivity contribution in [3.8, 4) is 40.2 Å². The molecule has 0 spiro atoms. The summed E-state index contributed by atoms with van der Waals surface area (Å²) in [6, 6.07) is 31.1. The molecular weight excluding hydrogens is 1200 g/mol. The van der Waals surface area contributed by atoms with Gasteiger partial charge in [-0.25, -0.2) is 18.1 Å². The van der Waals surface area contributed by atoms with Crippen molar-refractivity contribution < 1.29 is 46.7 Å². The van der Waals surface area contributed by atoms with E-state index in [0.717, 1.165) is 115 Å². The van der Waals surface area contributed by atoms with E-state index in [1.54, 1.807) is 35.4 Å². The van der Waals surface area contributed by atoms with Crippen LogP contribution in [0.4, 0.5) is 17.1 Å². The lowest BCUT2D eigenvalue weighted by atomic mass is 9.96. The maximum Gasteiger partial charge on any atom is 0.293 e. The van der Waals surface area contributed by atoms with E-state index in [9.17, 15) is 37.7 Å². The summed E-state index contributed by atoms with van der Waals surface area (Å²) in [5.41, 5.74) is 6.43. The predicted octanol–water partition coefficient (Wildman–Crippen LogP) is 9.94. The second kappa shape index (κ2) is 28.1. The molecule has 91 heavy (non-hydrogen) atoms. The molecule has 0 radical (unpaired) electrons. The SMILES string of the molecule is O=C1CCC(N2Cc3c(C#CCCCCN4CCC(COc5cccc(-c6ccc(Cl)cc6)c5CN5CCN(c6ccc(C(=O)NS(=O)(=O)c7ccc(NCC8CCOCC8)c([N+](=O)[O-])c7)c(Oc7cnc8[nH]ccc8c7)c6)CC5)CC4)cccc3C2=O)C(=O)N1. The Morgan fingerprint density at radius 2 is 1.63 bits per heavy atom. The molecule has 21 nitrogen and oxygen atoms in total. The third-order valence-corrected chi connectivity index (χ3v) is 19.4. The van der Waals surface area contributed by atoms with Crippen molar-refractivity contribution in [2.45, 2.75) is 81.8 Å². The van der Waals surface area contributed by atoms with Gasteiger partial charge in [-0.1, -0.05) is 53.8 Å². The van der Waals surface area contributed by atoms with Gasteiger partial charge < -0.3 is 39.2 Å². The number of rotatable bonds is 21. The molecule has 472 valence electrons. The number of halogens is 1. The van der Waals surface area contributed by atoms with Crippen LogP contribution in [0.15, 0.2) is 126 Å². The highest BCUT2D eigenvalue weighted by molar-refractivity contribution is 7.90. The average Bonchev–Trinajstić information content (AvgIpc) is 1.87. The first kappa shape index (κ1) is 62.3. The number of hydrogen-bond acceptors (Lipinski definition) is 16. The van der Waals surface area contributed by atoms with Gasteiger partial charge in [-0.15, -0.1) is 0 Å². The third kappa shape index (κ3) is 14.8. The molecule has 0 bridgehead atoms. The molecule has 4 N–H and O–H groups in total. The average molecular weight is 1270 g/mol. The fourth-order valence-corrected chi connectivity index (χ4v) is 13.8. The van der Waals surface area contributed by atoms with Gasteiger partial charge in [0.15, 0.2) is 0 Å². The number of aromatic amines is 1. The number of nitro groups is 1. The maximum absolute atomic E-state index is 14.2. The number of anilines is 2. The van der Waals surface area contributed by atoms with Crippen LogP contribution in [0.25, 0.3) is 22.2 Å². The van der Waals surface area contributed by atoms with Crippen molar-refractivity contribution >= 4 is 73.3 Å². The number of nitrogens with zero attached hydrogens (tertiary/aromatic N) is 6. The number of pyridine rings is 1. The number of amides is 4. The molecule has 7 aromatic rings. The quantitative estimate of drug-likeness (QED) is 0.0172. The standard InChI is InChI=1S/C68H71ClN10O11S/c69-50-14-12-48(13-15-50)54-9-6-11-62(89-44-46-23-29-75(30-24-46)28-4-2-1-3-7-47-8-5-10-55-57(47)43-78(68(55)83)60-20-21-64(80)73-67(60)82)58(54)42-76-31-33-77(34-32-76)51-16-18-56(63(38-51)90-52-37-49-22-27-70-65(49)72-41-52)66(81)74-91(86,87)53-17-19-59(61(39-53)79(84)85)71-40-45-25-35-88-36-26-45/h5-6,8-19,22,27,37-39,41,45-46,60,71H,1-2,4,20-21,23-26,28-36,40,42-44H2,(H,70,72)(H,74,81)(H,73,80,82). The van der Waals surface area contributed by atoms with E-state index >= 15 is 0 Å². The third-order valence-electron chi connectivity index (χ3n) is 17.9. The summed E-state index contributed by atoms with van der Waals surface area (Å²) in [5, 5.41) is 19.1. The molecule has 1 unspecified atom stereocenters. The summed E-state index contributed by atoms with van der Waals surface area (Å²) in [5.74, 6) is 6.59. The van der Waals surface area contributed by atoms with E-state index in [4.69, 9.17) is 25.8 Å². The summed E-state index contributed by atoms with van der Waals surface area (Å²) in [6.07, 6.45) is 10.1. The molecule has 5 aromatic carbocycles. The van der Waals surface area contributed by atoms with Crippen LogP contribution in [0, 0.1) is 33.8 Å². The Labute approximate surface area is 533 Å². The van der Waals surface area contributed by atoms with Crippen molar-refractivity contribution in [2.75, 3.05) is 82.4 Å². The first-order chi connectivity index (χ1) is 44.2. The van der Waals surface area contributed by atoms with Gasteiger partial charge in [0.25, 0.3) is 27.5 Å². The van der Waals surface area contributed by atoms with Crippen molar-refractivity contribution in [1.29, 1.82) is 0 Å². The Morgan fingerprint density at radius 3 is 2.42 bits per heavy atom. The number of nitro benzene ring substituents is 1. The molecule has 1 atom stereocenters. The summed E-state index contributed by atoms with van der Waals surface area (Å²) in [6.45, 7) is 8.76. The maximum atomic E-state index is 14.2. The van der Waals surface area contributed by atoms with Crippen molar-refractivity contribution in [2.24, 2.45) is 11.8 Å². The van der Waals surface area contributed by atoms with Crippen LogP contribution in [0.5, 0.6) is 17.2 Å². The zero-order valence-electron chi connectivity index (χ0n) is 50.3. The summed E-state index contributed by atoms with van der Waals surface area (Å²) in [7, 11) is -4.62. The number of fused-ring (bicyclic) bond motifs is 2. The van der Waals surface area contributed by atoms with Gasteiger partial charge >= 0.3 is 0 Å². The Kier molecular flexibility index (Phi) is 19.3. The van der Waals surface area contributed by atoms with Crippen LogP contribution in [0.1, 0.15) is 95.2 Å². The molecule has 4 fully saturated rings. The highest BCUT2D eigenvalue weighted by atomic mass is 35.5. The number of benzene rings is 5. The minimum absolute atomic E-state index is 0.0749. The topological polar surface area (TPSA) is 251 Å². The zero-order chi connectivity index (χ0) is 63.0. The lowest BCUT2D eigenvalue weighted by molar-refractivity contribution is -0.384. The lowest BCUT2D eigenvalue weighted by Gasteiger charge is -2.37. The van der Waals surface area contributed by atoms with Gasteiger partial charge in [-0.3, -0.25) is 39.5 Å². The normalized spacial score (nSPS) is 17.7. The molecule has 0 aliphatic carbocycles. The molecule has 0 saturated carbocycles. The molecule has 7 heterocycles. The molecule has 2 aromatic heterocycles. The Balaban J connectivity index is 0.664. The largest absolute Gasteiger partial charge is 0.493 e. The number of piperidine rings is 2. The zero-order valence-corrected chi connectivity index (χ0v) is 51.9. The van der Waals surface area contributed by atoms with E-state index in [1.807, 2.05) is 48.5 Å². The van der Waals surface area contributed by atoms with Crippen LogP contribution < -0.4 is 29.7 Å². The predicted molar refractivity (Wildman–Crippen MR) is 345 cm³/mol. The van der Waals surface area contributed by atoms with Crippen LogP contribution in [0.2, 0.25) is 5.02 Å². The van der Waals surface area contributed by atoms with Gasteiger partial charge in [-0.05, 0) is 160 Å². The summed E-state index contributed by atoms with van der Waals surface area (Å²) in [4.78, 5) is 79.1. The number of unbranched alkanes of at least 4 members (excludes halogenated alkanes) is 2. The number of nitrogens with one attached hydrogen (secondary N) is 4. The molecule has 5 aliphatic rings. The number of hydrogen-bond donors (Lipinski definition) is 4. The number of ether oxygens (including phenoxy) is 3. The lowest BCUT2D eigenvalue weighted by Crippen LogP contribution is -2.52. The Morgan fingerprint density at radius 1 is 0.835 bits per heavy atom. The van der Waals surface area contributed by atoms with Crippen molar-refractivity contribution in [3.05, 3.63) is 165 Å². The number of carbonyl (C=O) groups is 4. The van der Waals surface area contributed by atoms with Crippen LogP contribution >= 0.6 is 11.6 Å². The van der Waals surface area contributed by atoms with Gasteiger partial charge in [0.2, 0.25) is 11.8 Å². The monoisotopic (exact) mass is 1270 g/mol. The number of carbonyl (C=O) groups excluding carboxylic acids is 4.